The van der Waals surface area contributed by atoms with Crippen molar-refractivity contribution in [2.24, 2.45) is 0 Å². The van der Waals surface area contributed by atoms with E-state index < -0.39 is 13.6 Å². The normalized spacial score (nSPS) is 8.92. The summed E-state index contributed by atoms with van der Waals surface area (Å²) in [6.45, 7) is -0.316. The van der Waals surface area contributed by atoms with Gasteiger partial charge in [-0.05, 0) is 10.9 Å². The standard InChI is InChI=1S/C3H6NO4P.C3H9S/c5-3(6)1-4-2-9(7)8;1-4(2)3/h4H,1-2H2,(H,5,6);1-3H3/q;+1. The van der Waals surface area contributed by atoms with Gasteiger partial charge in [-0.15, -0.1) is 0 Å². The number of hydrogen-bond acceptors (Lipinski definition) is 4. The van der Waals surface area contributed by atoms with Crippen molar-refractivity contribution in [3.63, 3.8) is 0 Å². The van der Waals surface area contributed by atoms with E-state index in [2.05, 4.69) is 24.1 Å². The van der Waals surface area contributed by atoms with E-state index in [-0.39, 0.29) is 12.8 Å². The minimum absolute atomic E-state index is 0.276. The van der Waals surface area contributed by atoms with Gasteiger partial charge in [0, 0.05) is 0 Å². The molecule has 5 nitrogen and oxygen atoms in total. The van der Waals surface area contributed by atoms with Crippen LogP contribution in [0.25, 0.3) is 0 Å². The average Bonchev–Trinajstić information content (AvgIpc) is 1.83. The summed E-state index contributed by atoms with van der Waals surface area (Å²) in [5, 5.41) is 10.2. The minimum Gasteiger partial charge on any atom is -0.480 e. The van der Waals surface area contributed by atoms with Crippen LogP contribution in [0.2, 0.25) is 0 Å². The fourth-order valence-electron chi connectivity index (χ4n) is 0.254. The Bertz CT molecular complexity index is 194. The Morgan fingerprint density at radius 1 is 1.38 bits per heavy atom. The molecule has 0 radical (unpaired) electrons. The first-order valence-electron chi connectivity index (χ1n) is 3.39. The lowest BCUT2D eigenvalue weighted by atomic mass is 10.7. The molecule has 0 unspecified atom stereocenters. The lowest BCUT2D eigenvalue weighted by Gasteiger charge is -1.89. The first-order chi connectivity index (χ1) is 5.86. The van der Waals surface area contributed by atoms with Crippen LogP contribution in [-0.2, 0) is 24.8 Å². The Morgan fingerprint density at radius 2 is 1.77 bits per heavy atom. The maximum Gasteiger partial charge on any atom is 0.329 e. The van der Waals surface area contributed by atoms with Crippen molar-refractivity contribution in [2.45, 2.75) is 0 Å². The van der Waals surface area contributed by atoms with Crippen LogP contribution in [0.5, 0.6) is 0 Å². The molecule has 0 aliphatic heterocycles. The molecule has 0 spiro atoms. The first kappa shape index (κ1) is 15.2. The number of carboxylic acid groups (broad SMARTS) is 1. The van der Waals surface area contributed by atoms with E-state index in [1.54, 1.807) is 0 Å². The molecule has 0 atom stereocenters. The Kier molecular flexibility index (Phi) is 11.4. The van der Waals surface area contributed by atoms with Crippen LogP contribution in [0.4, 0.5) is 0 Å². The second kappa shape index (κ2) is 9.77. The second-order valence-corrected chi connectivity index (χ2v) is 5.97. The number of carbonyl (C=O) groups is 1. The lowest BCUT2D eigenvalue weighted by molar-refractivity contribution is -0.135. The highest BCUT2D eigenvalue weighted by Crippen LogP contribution is 1.95. The minimum atomic E-state index is -2.51. The van der Waals surface area contributed by atoms with Gasteiger partial charge in [-0.3, -0.25) is 10.1 Å². The van der Waals surface area contributed by atoms with Crippen LogP contribution in [0, 0.1) is 0 Å². The molecule has 0 aromatic rings. The zero-order valence-electron chi connectivity index (χ0n) is 7.94. The molecule has 0 heterocycles. The summed E-state index contributed by atoms with van der Waals surface area (Å²) in [5.74, 6) is -1.06. The van der Waals surface area contributed by atoms with Gasteiger partial charge >= 0.3 is 13.6 Å². The van der Waals surface area contributed by atoms with Crippen LogP contribution >= 0.6 is 7.68 Å². The highest BCUT2D eigenvalue weighted by atomic mass is 32.2. The van der Waals surface area contributed by atoms with E-state index in [9.17, 15) is 13.9 Å². The third-order valence-corrected chi connectivity index (χ3v) is 0.999. The van der Waals surface area contributed by atoms with Crippen LogP contribution in [0.1, 0.15) is 0 Å². The molecule has 78 valence electrons. The van der Waals surface area contributed by atoms with Crippen LogP contribution < -0.4 is 5.32 Å². The SMILES string of the molecule is C[S+](C)C.O=C(O)CNCP(=O)=O. The highest BCUT2D eigenvalue weighted by Gasteiger charge is 1.95. The third kappa shape index (κ3) is 33.9. The van der Waals surface area contributed by atoms with Crippen molar-refractivity contribution in [3.05, 3.63) is 0 Å². The van der Waals surface area contributed by atoms with Crippen molar-refractivity contribution in [2.75, 3.05) is 31.6 Å². The zero-order chi connectivity index (χ0) is 10.9. The van der Waals surface area contributed by atoms with Crippen molar-refractivity contribution in [1.82, 2.24) is 5.32 Å². The van der Waals surface area contributed by atoms with Crippen molar-refractivity contribution in [3.8, 4) is 0 Å². The van der Waals surface area contributed by atoms with Gasteiger partial charge in [0.2, 0.25) is 0 Å². The predicted molar refractivity (Wildman–Crippen MR) is 53.9 cm³/mol. The molecular formula is C6H15NO4PS+. The molecule has 2 N–H and O–H groups in total. The maximum absolute atomic E-state index is 9.76. The summed E-state index contributed by atoms with van der Waals surface area (Å²) in [4.78, 5) is 9.72. The summed E-state index contributed by atoms with van der Waals surface area (Å²) >= 11 is 0. The van der Waals surface area contributed by atoms with E-state index in [1.165, 1.54) is 0 Å². The van der Waals surface area contributed by atoms with Crippen molar-refractivity contribution < 1.29 is 19.0 Å². The van der Waals surface area contributed by atoms with E-state index in [4.69, 9.17) is 5.11 Å². The van der Waals surface area contributed by atoms with E-state index in [1.807, 2.05) is 0 Å². The molecular weight excluding hydrogens is 213 g/mol. The first-order valence-corrected chi connectivity index (χ1v) is 7.21. The smallest absolute Gasteiger partial charge is 0.329 e. The van der Waals surface area contributed by atoms with E-state index >= 15 is 0 Å². The van der Waals surface area contributed by atoms with Gasteiger partial charge in [-0.2, -0.15) is 0 Å². The molecule has 0 aliphatic carbocycles. The Morgan fingerprint density at radius 3 is 2.00 bits per heavy atom. The zero-order valence-corrected chi connectivity index (χ0v) is 9.65. The molecule has 0 saturated heterocycles. The summed E-state index contributed by atoms with van der Waals surface area (Å²) in [6.07, 6.45) is 6.31. The Balaban J connectivity index is 0. The summed E-state index contributed by atoms with van der Waals surface area (Å²) in [6, 6.07) is 0. The number of nitrogens with one attached hydrogen (secondary N) is 1. The average molecular weight is 228 g/mol. The maximum atomic E-state index is 9.76. The third-order valence-electron chi connectivity index (χ3n) is 0.517. The number of carboxylic acids is 1. The topological polar surface area (TPSA) is 83.5 Å². The molecule has 0 aliphatic rings. The number of aliphatic carboxylic acids is 1. The van der Waals surface area contributed by atoms with Gasteiger partial charge in [0.25, 0.3) is 0 Å². The lowest BCUT2D eigenvalue weighted by Crippen LogP contribution is -2.20. The summed E-state index contributed by atoms with van der Waals surface area (Å²) < 4.78 is 19.5. The van der Waals surface area contributed by atoms with E-state index in [0.717, 1.165) is 0 Å². The molecule has 0 rings (SSSR count). The predicted octanol–water partition coefficient (Wildman–Crippen LogP) is 0.285. The molecule has 0 aromatic carbocycles. The molecule has 0 fully saturated rings. The van der Waals surface area contributed by atoms with Crippen LogP contribution in [0.3, 0.4) is 0 Å². The van der Waals surface area contributed by atoms with Gasteiger partial charge in [0.05, 0.1) is 25.3 Å². The Hall–Kier alpha value is -0.320. The fraction of sp³-hybridized carbons (Fsp3) is 0.833. The molecule has 7 heteroatoms. The molecule has 13 heavy (non-hydrogen) atoms. The van der Waals surface area contributed by atoms with Gasteiger partial charge in [-0.25, -0.2) is 9.13 Å². The quantitative estimate of drug-likeness (QED) is 0.533. The van der Waals surface area contributed by atoms with Crippen LogP contribution in [-0.4, -0.2) is 42.7 Å². The molecule has 0 aromatic heterocycles. The van der Waals surface area contributed by atoms with Gasteiger partial charge < -0.3 is 5.11 Å². The van der Waals surface area contributed by atoms with Crippen molar-refractivity contribution >= 4 is 24.5 Å². The van der Waals surface area contributed by atoms with E-state index in [0.29, 0.717) is 10.9 Å². The Labute approximate surface area is 81.1 Å². The van der Waals surface area contributed by atoms with Gasteiger partial charge in [-0.1, -0.05) is 0 Å². The molecule has 0 amide bonds. The van der Waals surface area contributed by atoms with Crippen molar-refractivity contribution in [1.29, 1.82) is 0 Å². The second-order valence-electron chi connectivity index (χ2n) is 2.54. The largest absolute Gasteiger partial charge is 0.480 e. The fourth-order valence-corrected chi connectivity index (χ4v) is 0.548. The molecule has 0 bridgehead atoms. The summed E-state index contributed by atoms with van der Waals surface area (Å²) in [5.41, 5.74) is 0. The molecule has 0 saturated carbocycles. The van der Waals surface area contributed by atoms with Crippen LogP contribution in [0.15, 0.2) is 0 Å². The monoisotopic (exact) mass is 228 g/mol. The number of hydrogen-bond donors (Lipinski definition) is 2. The summed E-state index contributed by atoms with van der Waals surface area (Å²) in [7, 11) is -1.87. The van der Waals surface area contributed by atoms with Gasteiger partial charge in [0.1, 0.15) is 6.29 Å². The number of rotatable bonds is 4. The highest BCUT2D eigenvalue weighted by molar-refractivity contribution is 7.94. The van der Waals surface area contributed by atoms with Gasteiger partial charge in [0.15, 0.2) is 0 Å².